The molecule has 2 N–H and O–H groups in total. The Labute approximate surface area is 167 Å². The Kier molecular flexibility index (Phi) is 6.14. The molecule has 0 amide bonds. The number of nitrogens with one attached hydrogen (secondary N) is 2. The van der Waals surface area contributed by atoms with Crippen LogP contribution in [0.3, 0.4) is 0 Å². The lowest BCUT2D eigenvalue weighted by Gasteiger charge is -2.23. The smallest absolute Gasteiger partial charge is 0.224 e. The lowest BCUT2D eigenvalue weighted by molar-refractivity contribution is 0.410. The number of nitrogens with zero attached hydrogens (tertiary/aromatic N) is 2. The molecule has 0 aliphatic carbocycles. The molecule has 146 valence electrons. The number of methoxy groups -OCH3 is 1. The van der Waals surface area contributed by atoms with Crippen LogP contribution in [0.5, 0.6) is 5.75 Å². The summed E-state index contributed by atoms with van der Waals surface area (Å²) in [6.45, 7) is 7.34. The zero-order valence-electron chi connectivity index (χ0n) is 17.0. The van der Waals surface area contributed by atoms with Gasteiger partial charge in [-0.15, -0.1) is 0 Å². The van der Waals surface area contributed by atoms with E-state index < -0.39 is 0 Å². The molecule has 3 aromatic rings. The minimum Gasteiger partial charge on any atom is -0.496 e. The zero-order chi connectivity index (χ0) is 20.0. The summed E-state index contributed by atoms with van der Waals surface area (Å²) in [5.74, 6) is 2.28. The van der Waals surface area contributed by atoms with E-state index in [2.05, 4.69) is 65.6 Å². The molecular formula is C23H28N4O. The second-order valence-corrected chi connectivity index (χ2v) is 7.67. The Hall–Kier alpha value is -3.08. The van der Waals surface area contributed by atoms with Crippen LogP contribution in [0.4, 0.5) is 17.5 Å². The maximum absolute atomic E-state index is 5.40. The van der Waals surface area contributed by atoms with Gasteiger partial charge < -0.3 is 15.4 Å². The molecule has 0 spiro atoms. The Balaban J connectivity index is 1.67. The predicted octanol–water partition coefficient (Wildman–Crippen LogP) is 5.18. The second-order valence-electron chi connectivity index (χ2n) is 7.67. The minimum absolute atomic E-state index is 0.0481. The van der Waals surface area contributed by atoms with Crippen LogP contribution in [0.25, 0.3) is 0 Å². The summed E-state index contributed by atoms with van der Waals surface area (Å²) in [4.78, 5) is 8.93. The van der Waals surface area contributed by atoms with E-state index in [9.17, 15) is 0 Å². The van der Waals surface area contributed by atoms with Crippen molar-refractivity contribution in [2.24, 2.45) is 0 Å². The van der Waals surface area contributed by atoms with Gasteiger partial charge in [0.1, 0.15) is 11.6 Å². The van der Waals surface area contributed by atoms with Gasteiger partial charge in [-0.2, -0.15) is 4.98 Å². The van der Waals surface area contributed by atoms with Crippen LogP contribution in [-0.2, 0) is 11.8 Å². The van der Waals surface area contributed by atoms with Crippen LogP contribution < -0.4 is 15.4 Å². The fraction of sp³-hybridized carbons (Fsp3) is 0.304. The topological polar surface area (TPSA) is 59.1 Å². The molecule has 0 saturated carbocycles. The highest BCUT2D eigenvalue weighted by Gasteiger charge is 2.17. The lowest BCUT2D eigenvalue weighted by Crippen LogP contribution is -2.14. The molecule has 0 atom stereocenters. The van der Waals surface area contributed by atoms with E-state index in [1.54, 1.807) is 13.3 Å². The largest absolute Gasteiger partial charge is 0.496 e. The van der Waals surface area contributed by atoms with E-state index in [4.69, 9.17) is 4.74 Å². The molecule has 0 saturated heterocycles. The van der Waals surface area contributed by atoms with E-state index in [0.29, 0.717) is 5.95 Å². The maximum Gasteiger partial charge on any atom is 0.224 e. The normalized spacial score (nSPS) is 11.1. The molecule has 0 fully saturated rings. The monoisotopic (exact) mass is 376 g/mol. The van der Waals surface area contributed by atoms with Crippen molar-refractivity contribution in [1.82, 2.24) is 9.97 Å². The van der Waals surface area contributed by atoms with Crippen molar-refractivity contribution in [1.29, 1.82) is 0 Å². The molecule has 0 unspecified atom stereocenters. The number of hydrogen-bond acceptors (Lipinski definition) is 5. The summed E-state index contributed by atoms with van der Waals surface area (Å²) < 4.78 is 5.40. The molecule has 3 rings (SSSR count). The van der Waals surface area contributed by atoms with Gasteiger partial charge in [0.05, 0.1) is 7.11 Å². The Morgan fingerprint density at radius 2 is 1.71 bits per heavy atom. The van der Waals surface area contributed by atoms with Gasteiger partial charge in [0.15, 0.2) is 0 Å². The van der Waals surface area contributed by atoms with Crippen molar-refractivity contribution >= 4 is 17.5 Å². The summed E-state index contributed by atoms with van der Waals surface area (Å²) >= 11 is 0. The summed E-state index contributed by atoms with van der Waals surface area (Å²) in [7, 11) is 1.69. The highest BCUT2D eigenvalue weighted by atomic mass is 16.5. The Bertz CT molecular complexity index is 918. The molecule has 5 heteroatoms. The molecule has 1 heterocycles. The first-order chi connectivity index (χ1) is 13.5. The molecule has 0 bridgehead atoms. The van der Waals surface area contributed by atoms with Gasteiger partial charge in [-0.3, -0.25) is 0 Å². The number of aromatic nitrogens is 2. The van der Waals surface area contributed by atoms with Crippen LogP contribution in [-0.4, -0.2) is 23.6 Å². The van der Waals surface area contributed by atoms with Crippen molar-refractivity contribution in [2.75, 3.05) is 24.3 Å². The van der Waals surface area contributed by atoms with E-state index >= 15 is 0 Å². The van der Waals surface area contributed by atoms with Gasteiger partial charge in [0, 0.05) is 18.4 Å². The van der Waals surface area contributed by atoms with E-state index in [1.165, 1.54) is 5.56 Å². The van der Waals surface area contributed by atoms with Crippen LogP contribution in [0.15, 0.2) is 60.8 Å². The number of hydrogen-bond donors (Lipinski definition) is 2. The first-order valence-corrected chi connectivity index (χ1v) is 9.53. The highest BCUT2D eigenvalue weighted by Crippen LogP contribution is 2.30. The Morgan fingerprint density at radius 1 is 0.964 bits per heavy atom. The van der Waals surface area contributed by atoms with Gasteiger partial charge >= 0.3 is 0 Å². The fourth-order valence-corrected chi connectivity index (χ4v) is 3.12. The maximum atomic E-state index is 5.40. The van der Waals surface area contributed by atoms with Crippen molar-refractivity contribution in [3.05, 3.63) is 71.9 Å². The van der Waals surface area contributed by atoms with Crippen LogP contribution in [0.2, 0.25) is 0 Å². The average molecular weight is 377 g/mol. The summed E-state index contributed by atoms with van der Waals surface area (Å²) in [6, 6.07) is 18.3. The Morgan fingerprint density at radius 3 is 2.50 bits per heavy atom. The molecule has 0 aliphatic heterocycles. The van der Waals surface area contributed by atoms with Gasteiger partial charge in [0.25, 0.3) is 0 Å². The third-order valence-corrected chi connectivity index (χ3v) is 4.52. The number of para-hydroxylation sites is 2. The van der Waals surface area contributed by atoms with Crippen molar-refractivity contribution in [3.8, 4) is 5.75 Å². The van der Waals surface area contributed by atoms with Crippen LogP contribution >= 0.6 is 0 Å². The average Bonchev–Trinajstić information content (AvgIpc) is 2.68. The quantitative estimate of drug-likeness (QED) is 0.595. The van der Waals surface area contributed by atoms with Crippen molar-refractivity contribution in [3.63, 3.8) is 0 Å². The lowest BCUT2D eigenvalue weighted by atomic mass is 9.86. The van der Waals surface area contributed by atoms with Crippen LogP contribution in [0, 0.1) is 0 Å². The van der Waals surface area contributed by atoms with Crippen molar-refractivity contribution < 1.29 is 4.74 Å². The molecule has 5 nitrogen and oxygen atoms in total. The van der Waals surface area contributed by atoms with E-state index in [0.717, 1.165) is 35.8 Å². The molecular weight excluding hydrogens is 348 g/mol. The molecule has 28 heavy (non-hydrogen) atoms. The first-order valence-electron chi connectivity index (χ1n) is 9.53. The van der Waals surface area contributed by atoms with Crippen molar-refractivity contribution in [2.45, 2.75) is 32.6 Å². The fourth-order valence-electron chi connectivity index (χ4n) is 3.12. The number of benzene rings is 2. The standard InChI is InChI=1S/C23H28N4O/c1-23(2,3)18-10-6-7-11-19(18)26-21-14-16-25-22(27-21)24-15-13-17-9-5-8-12-20(17)28-4/h5-12,14,16H,13,15H2,1-4H3,(H2,24,25,26,27). The zero-order valence-corrected chi connectivity index (χ0v) is 17.0. The van der Waals surface area contributed by atoms with E-state index in [1.807, 2.05) is 30.3 Å². The molecule has 2 aromatic carbocycles. The summed E-state index contributed by atoms with van der Waals surface area (Å²) in [5.41, 5.74) is 3.52. The van der Waals surface area contributed by atoms with E-state index in [-0.39, 0.29) is 5.41 Å². The number of ether oxygens (including phenoxy) is 1. The van der Waals surface area contributed by atoms with Gasteiger partial charge in [-0.05, 0) is 41.2 Å². The summed E-state index contributed by atoms with van der Waals surface area (Å²) in [6.07, 6.45) is 2.60. The molecule has 1 aromatic heterocycles. The van der Waals surface area contributed by atoms with Gasteiger partial charge in [-0.1, -0.05) is 57.2 Å². The molecule has 0 radical (unpaired) electrons. The van der Waals surface area contributed by atoms with Gasteiger partial charge in [-0.25, -0.2) is 4.98 Å². The van der Waals surface area contributed by atoms with Gasteiger partial charge in [0.2, 0.25) is 5.95 Å². The summed E-state index contributed by atoms with van der Waals surface area (Å²) in [5, 5.41) is 6.73. The third-order valence-electron chi connectivity index (χ3n) is 4.52. The number of rotatable bonds is 7. The number of anilines is 3. The second kappa shape index (κ2) is 8.74. The van der Waals surface area contributed by atoms with Crippen LogP contribution in [0.1, 0.15) is 31.9 Å². The third kappa shape index (κ3) is 5.00. The minimum atomic E-state index is 0.0481. The molecule has 0 aliphatic rings. The highest BCUT2D eigenvalue weighted by molar-refractivity contribution is 5.62. The first kappa shape index (κ1) is 19.7. The predicted molar refractivity (Wildman–Crippen MR) is 116 cm³/mol. The SMILES string of the molecule is COc1ccccc1CCNc1nccc(Nc2ccccc2C(C)(C)C)n1.